The summed E-state index contributed by atoms with van der Waals surface area (Å²) in [6, 6.07) is 11.0. The third-order valence-corrected chi connectivity index (χ3v) is 4.78. The highest BCUT2D eigenvalue weighted by Gasteiger charge is 2.27. The van der Waals surface area contributed by atoms with Crippen molar-refractivity contribution >= 4 is 29.2 Å². The van der Waals surface area contributed by atoms with Gasteiger partial charge in [0, 0.05) is 14.1 Å². The van der Waals surface area contributed by atoms with E-state index in [0.717, 1.165) is 11.8 Å². The molecule has 0 saturated heterocycles. The van der Waals surface area contributed by atoms with Crippen molar-refractivity contribution in [3.05, 3.63) is 52.9 Å². The molecule has 2 aromatic rings. The monoisotopic (exact) mass is 367 g/mol. The second kappa shape index (κ2) is 8.24. The first-order chi connectivity index (χ1) is 12.4. The van der Waals surface area contributed by atoms with Gasteiger partial charge in [0.25, 0.3) is 5.69 Å². The quantitative estimate of drug-likeness (QED) is 0.623. The van der Waals surface area contributed by atoms with Gasteiger partial charge in [-0.25, -0.2) is 9.83 Å². The van der Waals surface area contributed by atoms with Crippen LogP contribution < -0.4 is 15.4 Å². The minimum Gasteiger partial charge on any atom is -0.506 e. The van der Waals surface area contributed by atoms with Crippen molar-refractivity contribution in [2.24, 2.45) is 5.73 Å². The maximum atomic E-state index is 12.0. The highest BCUT2D eigenvalue weighted by atomic mass is 32.2. The normalized spacial score (nSPS) is 11.1. The van der Waals surface area contributed by atoms with Crippen molar-refractivity contribution < 1.29 is 9.53 Å². The molecule has 0 bridgehead atoms. The molecule has 0 saturated carbocycles. The third-order valence-electron chi connectivity index (χ3n) is 3.52. The lowest BCUT2D eigenvalue weighted by Gasteiger charge is -2.20. The number of primary amides is 1. The Hall–Kier alpha value is -3.23. The van der Waals surface area contributed by atoms with Crippen LogP contribution in [0.25, 0.3) is 4.85 Å². The molecule has 0 radical (unpaired) electrons. The van der Waals surface area contributed by atoms with Gasteiger partial charge in [0.1, 0.15) is 27.7 Å². The number of amides is 1. The second-order valence-corrected chi connectivity index (χ2v) is 6.52. The van der Waals surface area contributed by atoms with Crippen molar-refractivity contribution in [2.75, 3.05) is 26.1 Å². The predicted molar refractivity (Wildman–Crippen MR) is 100 cm³/mol. The van der Waals surface area contributed by atoms with E-state index in [0.29, 0.717) is 11.4 Å². The van der Waals surface area contributed by atoms with E-state index in [-0.39, 0.29) is 22.0 Å². The first-order valence-corrected chi connectivity index (χ1v) is 8.40. The molecule has 8 heteroatoms. The number of methoxy groups -OCH3 is 1. The zero-order valence-electron chi connectivity index (χ0n) is 14.6. The van der Waals surface area contributed by atoms with Crippen molar-refractivity contribution in [3.8, 4) is 11.8 Å². The number of nitrogens with zero attached hydrogens (tertiary/aromatic N) is 4. The Bertz CT molecular complexity index is 901. The molecule has 1 amide bonds. The van der Waals surface area contributed by atoms with Gasteiger partial charge in [-0.3, -0.25) is 4.79 Å². The average Bonchev–Trinajstić information content (AvgIpc) is 2.64. The van der Waals surface area contributed by atoms with E-state index in [1.165, 1.54) is 7.11 Å². The molecule has 0 aliphatic heterocycles. The zero-order chi connectivity index (χ0) is 19.3. The van der Waals surface area contributed by atoms with E-state index in [2.05, 4.69) is 9.83 Å². The van der Waals surface area contributed by atoms with Gasteiger partial charge in [0.15, 0.2) is 5.75 Å². The Kier molecular flexibility index (Phi) is 6.05. The van der Waals surface area contributed by atoms with Crippen LogP contribution in [-0.2, 0) is 4.79 Å². The van der Waals surface area contributed by atoms with Gasteiger partial charge >= 0.3 is 0 Å². The number of carbonyl (C=O) groups excluding carboxylic acids is 1. The van der Waals surface area contributed by atoms with Crippen LogP contribution in [0.2, 0.25) is 0 Å². The molecule has 0 spiro atoms. The predicted octanol–water partition coefficient (Wildman–Crippen LogP) is 2.90. The number of nitriles is 1. The van der Waals surface area contributed by atoms with Gasteiger partial charge < -0.3 is 15.4 Å². The van der Waals surface area contributed by atoms with Crippen LogP contribution >= 0.6 is 11.8 Å². The molecule has 7 nitrogen and oxygen atoms in total. The molecule has 0 fully saturated rings. The molecular weight excluding hydrogens is 350 g/mol. The maximum absolute atomic E-state index is 12.0. The largest absolute Gasteiger partial charge is 0.506 e. The van der Waals surface area contributed by atoms with E-state index in [1.807, 2.05) is 12.1 Å². The number of hydrogen-bond donors (Lipinski definition) is 1. The zero-order valence-corrected chi connectivity index (χ0v) is 15.4. The van der Waals surface area contributed by atoms with Crippen LogP contribution in [0.3, 0.4) is 0 Å². The summed E-state index contributed by atoms with van der Waals surface area (Å²) in [5, 5.41) is 9.14. The lowest BCUT2D eigenvalue weighted by atomic mass is 10.1. The molecular formula is C18H17N5O2S. The summed E-state index contributed by atoms with van der Waals surface area (Å²) in [6.45, 7) is 7.40. The van der Waals surface area contributed by atoms with Crippen LogP contribution in [0, 0.1) is 17.9 Å². The molecule has 1 aromatic carbocycles. The third kappa shape index (κ3) is 3.71. The van der Waals surface area contributed by atoms with Crippen LogP contribution in [-0.4, -0.2) is 32.1 Å². The van der Waals surface area contributed by atoms with E-state index in [4.69, 9.17) is 17.0 Å². The lowest BCUT2D eigenvalue weighted by molar-refractivity contribution is -0.117. The smallest absolute Gasteiger partial charge is 0.270 e. The fourth-order valence-electron chi connectivity index (χ4n) is 2.35. The Labute approximate surface area is 156 Å². The first kappa shape index (κ1) is 19.1. The number of nitrogens with two attached hydrogens (primary N) is 1. The highest BCUT2D eigenvalue weighted by Crippen LogP contribution is 2.45. The summed E-state index contributed by atoms with van der Waals surface area (Å²) < 4.78 is 5.31. The second-order valence-electron chi connectivity index (χ2n) is 5.43. The van der Waals surface area contributed by atoms with Crippen molar-refractivity contribution in [1.29, 1.82) is 5.26 Å². The summed E-state index contributed by atoms with van der Waals surface area (Å²) in [4.78, 5) is 21.5. The Balaban J connectivity index is 2.65. The Morgan fingerprint density at radius 1 is 1.42 bits per heavy atom. The summed E-state index contributed by atoms with van der Waals surface area (Å²) in [5.41, 5.74) is 6.53. The lowest BCUT2D eigenvalue weighted by Crippen LogP contribution is -2.19. The number of ether oxygens (including phenoxy) is 1. The molecule has 1 unspecified atom stereocenters. The van der Waals surface area contributed by atoms with Gasteiger partial charge in [-0.2, -0.15) is 5.26 Å². The molecule has 0 aliphatic carbocycles. The fraction of sp³-hybridized carbons (Fsp3) is 0.222. The van der Waals surface area contributed by atoms with E-state index in [9.17, 15) is 10.1 Å². The van der Waals surface area contributed by atoms with Crippen molar-refractivity contribution in [2.45, 2.75) is 10.3 Å². The van der Waals surface area contributed by atoms with Gasteiger partial charge in [0.2, 0.25) is 5.91 Å². The van der Waals surface area contributed by atoms with E-state index >= 15 is 0 Å². The Morgan fingerprint density at radius 2 is 2.08 bits per heavy atom. The number of benzene rings is 1. The first-order valence-electron chi connectivity index (χ1n) is 7.52. The SMILES string of the molecule is [C-]#[N+]c1c(N(C)C)nc(SC(C(N)=O)c2ccccc2)c(C#N)c1OC. The number of carbonyl (C=O) groups is 1. The van der Waals surface area contributed by atoms with Gasteiger partial charge in [-0.15, -0.1) is 0 Å². The number of hydrogen-bond acceptors (Lipinski definition) is 6. The molecule has 1 aromatic heterocycles. The molecule has 1 atom stereocenters. The van der Waals surface area contributed by atoms with Crippen LogP contribution in [0.4, 0.5) is 11.5 Å². The molecule has 132 valence electrons. The van der Waals surface area contributed by atoms with Gasteiger partial charge in [0.05, 0.1) is 13.7 Å². The molecule has 1 heterocycles. The number of aromatic nitrogens is 1. The number of rotatable bonds is 6. The number of anilines is 1. The maximum Gasteiger partial charge on any atom is 0.270 e. The summed E-state index contributed by atoms with van der Waals surface area (Å²) in [7, 11) is 4.86. The molecule has 0 aliphatic rings. The topological polar surface area (TPSA) is 96.6 Å². The average molecular weight is 367 g/mol. The van der Waals surface area contributed by atoms with Gasteiger partial charge in [-0.05, 0) is 5.56 Å². The van der Waals surface area contributed by atoms with Crippen LogP contribution in [0.1, 0.15) is 16.4 Å². The molecule has 2 rings (SSSR count). The van der Waals surface area contributed by atoms with Gasteiger partial charge in [-0.1, -0.05) is 42.1 Å². The Morgan fingerprint density at radius 3 is 2.54 bits per heavy atom. The van der Waals surface area contributed by atoms with E-state index in [1.54, 1.807) is 43.3 Å². The highest BCUT2D eigenvalue weighted by molar-refractivity contribution is 8.00. The minimum atomic E-state index is -0.727. The molecule has 26 heavy (non-hydrogen) atoms. The van der Waals surface area contributed by atoms with E-state index < -0.39 is 11.2 Å². The number of pyridine rings is 1. The summed E-state index contributed by atoms with van der Waals surface area (Å²) >= 11 is 1.06. The van der Waals surface area contributed by atoms with Crippen LogP contribution in [0.15, 0.2) is 35.4 Å². The van der Waals surface area contributed by atoms with Crippen molar-refractivity contribution in [3.63, 3.8) is 0 Å². The van der Waals surface area contributed by atoms with Crippen molar-refractivity contribution in [1.82, 2.24) is 4.98 Å². The van der Waals surface area contributed by atoms with Crippen LogP contribution in [0.5, 0.6) is 5.75 Å². The fourth-order valence-corrected chi connectivity index (χ4v) is 3.38. The summed E-state index contributed by atoms with van der Waals surface area (Å²) in [5.74, 6) is -0.0545. The standard InChI is InChI=1S/C18H17N5O2S/c1-21-13-14(25-4)12(10-19)18(22-17(13)23(2)3)26-15(16(20)24)11-8-6-5-7-9-11/h5-9,15H,2-4H3,(H2,20,24). The minimum absolute atomic E-state index is 0.108. The number of thioether (sulfide) groups is 1. The summed E-state index contributed by atoms with van der Waals surface area (Å²) in [6.07, 6.45) is 0. The molecule has 2 N–H and O–H groups in total.